The van der Waals surface area contributed by atoms with Crippen LogP contribution in [-0.2, 0) is 29.5 Å². The largest absolute Gasteiger partial charge is 0.377 e. The third kappa shape index (κ3) is 5.50. The van der Waals surface area contributed by atoms with Crippen molar-refractivity contribution in [2.45, 2.75) is 9.79 Å². The van der Waals surface area contributed by atoms with Crippen molar-refractivity contribution in [3.05, 3.63) is 61.2 Å². The second-order valence-electron chi connectivity index (χ2n) is 7.53. The van der Waals surface area contributed by atoms with E-state index >= 15 is 0 Å². The number of benzene rings is 2. The number of sulfonamides is 2. The molecule has 4 rings (SSSR count). The molecule has 0 aromatic heterocycles. The number of allylic oxidation sites excluding steroid dienone is 1. The van der Waals surface area contributed by atoms with Crippen LogP contribution in [0.4, 0.5) is 11.4 Å². The minimum atomic E-state index is -4.53. The smallest absolute Gasteiger partial charge is 0.279 e. The van der Waals surface area contributed by atoms with Gasteiger partial charge < -0.3 is 9.47 Å². The van der Waals surface area contributed by atoms with E-state index in [1.54, 1.807) is 0 Å². The molecule has 16 nitrogen and oxygen atoms in total. The van der Waals surface area contributed by atoms with Crippen LogP contribution in [0.3, 0.4) is 0 Å². The monoisotopic (exact) mass is 564 g/mol. The summed E-state index contributed by atoms with van der Waals surface area (Å²) in [6.45, 7) is 3.11. The Labute approximate surface area is 214 Å². The van der Waals surface area contributed by atoms with Gasteiger partial charge in [-0.2, -0.15) is 10.5 Å². The van der Waals surface area contributed by atoms with Crippen LogP contribution in [0.1, 0.15) is 11.1 Å². The molecule has 0 radical (unpaired) electrons. The molecular weight excluding hydrogens is 548 g/mol. The van der Waals surface area contributed by atoms with Crippen molar-refractivity contribution in [2.24, 2.45) is 10.3 Å². The Balaban J connectivity index is 0.000000585. The SMILES string of the molecule is C1COCCO1.N#CC(C#N)=C1c2cc(S(N)(=O)=O)cc([N+](=O)[O-])c2-c2c1cc(S(N)(=O)=O)cc2[N+](=O)[O-]. The van der Waals surface area contributed by atoms with Crippen molar-refractivity contribution in [2.75, 3.05) is 26.4 Å². The van der Waals surface area contributed by atoms with Crippen LogP contribution >= 0.6 is 0 Å². The molecule has 0 bridgehead atoms. The molecule has 1 saturated heterocycles. The van der Waals surface area contributed by atoms with Crippen LogP contribution < -0.4 is 10.3 Å². The summed E-state index contributed by atoms with van der Waals surface area (Å²) >= 11 is 0. The van der Waals surface area contributed by atoms with Crippen molar-refractivity contribution in [3.63, 3.8) is 0 Å². The fourth-order valence-corrected chi connectivity index (χ4v) is 4.85. The highest BCUT2D eigenvalue weighted by molar-refractivity contribution is 7.89. The highest BCUT2D eigenvalue weighted by Crippen LogP contribution is 2.54. The Morgan fingerprint density at radius 1 is 0.763 bits per heavy atom. The number of nitro benzene ring substituents is 2. The highest BCUT2D eigenvalue weighted by atomic mass is 32.2. The molecular formula is C20H16N6O10S2. The van der Waals surface area contributed by atoms with Gasteiger partial charge in [0, 0.05) is 28.8 Å². The standard InChI is InChI=1S/C16H8N6O8S2.C4H8O2/c17-5-7(6-18)14-10-1-8(31(19,27)28)3-12(21(23)24)15(10)16-11(14)2-9(32(20,29)30)4-13(16)22(25)26;1-2-6-4-3-5-1/h1-4H,(H2,19,27,28)(H2,20,29,30);1-4H2. The van der Waals surface area contributed by atoms with Gasteiger partial charge in [0.15, 0.2) is 0 Å². The third-order valence-corrected chi connectivity index (χ3v) is 7.02. The van der Waals surface area contributed by atoms with Crippen LogP contribution in [0.2, 0.25) is 0 Å². The summed E-state index contributed by atoms with van der Waals surface area (Å²) in [6, 6.07) is 5.76. The normalized spacial score (nSPS) is 14.2. The van der Waals surface area contributed by atoms with Crippen LogP contribution in [0.5, 0.6) is 0 Å². The third-order valence-electron chi connectivity index (χ3n) is 5.24. The lowest BCUT2D eigenvalue weighted by Gasteiger charge is -2.09. The fourth-order valence-electron chi connectivity index (χ4n) is 3.73. The first-order valence-electron chi connectivity index (χ1n) is 10.1. The average Bonchev–Trinajstić information content (AvgIpc) is 3.18. The van der Waals surface area contributed by atoms with E-state index in [4.69, 9.17) is 19.8 Å². The lowest BCUT2D eigenvalue weighted by Crippen LogP contribution is -2.16. The van der Waals surface area contributed by atoms with Crippen LogP contribution in [0.25, 0.3) is 16.7 Å². The summed E-state index contributed by atoms with van der Waals surface area (Å²) in [5, 5.41) is 52.3. The summed E-state index contributed by atoms with van der Waals surface area (Å²) in [5.74, 6) is 0. The number of nitrogens with zero attached hydrogens (tertiary/aromatic N) is 4. The number of primary sulfonamides is 2. The Bertz CT molecular complexity index is 1570. The minimum absolute atomic E-state index is 0.397. The first kappa shape index (κ1) is 28.3. The molecule has 0 saturated carbocycles. The molecule has 2 aromatic carbocycles. The predicted molar refractivity (Wildman–Crippen MR) is 127 cm³/mol. The van der Waals surface area contributed by atoms with E-state index < -0.39 is 84.5 Å². The Hall–Kier alpha value is -4.30. The summed E-state index contributed by atoms with van der Waals surface area (Å²) < 4.78 is 57.3. The number of hydrogen-bond donors (Lipinski definition) is 2. The number of rotatable bonds is 4. The van der Waals surface area contributed by atoms with Crippen LogP contribution in [0.15, 0.2) is 39.6 Å². The topological polar surface area (TPSA) is 273 Å². The summed E-state index contributed by atoms with van der Waals surface area (Å²) in [5.41, 5.74) is -4.77. The van der Waals surface area contributed by atoms with E-state index in [-0.39, 0.29) is 0 Å². The summed E-state index contributed by atoms with van der Waals surface area (Å²) in [4.78, 5) is 19.8. The molecule has 2 aliphatic rings. The number of nitro groups is 2. The van der Waals surface area contributed by atoms with E-state index in [0.29, 0.717) is 12.1 Å². The molecule has 1 heterocycles. The highest BCUT2D eigenvalue weighted by Gasteiger charge is 2.40. The van der Waals surface area contributed by atoms with E-state index in [1.807, 2.05) is 0 Å². The Morgan fingerprint density at radius 3 is 1.34 bits per heavy atom. The Morgan fingerprint density at radius 2 is 1.11 bits per heavy atom. The predicted octanol–water partition coefficient (Wildman–Crippen LogP) is 0.660. The van der Waals surface area contributed by atoms with Gasteiger partial charge in [0.1, 0.15) is 17.7 Å². The zero-order chi connectivity index (χ0) is 28.4. The van der Waals surface area contributed by atoms with Crippen LogP contribution in [0, 0.1) is 42.9 Å². The Kier molecular flexibility index (Phi) is 7.88. The van der Waals surface area contributed by atoms with Gasteiger partial charge in [-0.25, -0.2) is 27.1 Å². The fraction of sp³-hybridized carbons (Fsp3) is 0.200. The zero-order valence-electron chi connectivity index (χ0n) is 19.0. The van der Waals surface area contributed by atoms with E-state index in [9.17, 15) is 47.6 Å². The molecule has 2 aromatic rings. The van der Waals surface area contributed by atoms with Gasteiger partial charge in [0.2, 0.25) is 20.0 Å². The summed E-state index contributed by atoms with van der Waals surface area (Å²) in [7, 11) is -9.06. The molecule has 1 aliphatic carbocycles. The molecule has 18 heteroatoms. The lowest BCUT2D eigenvalue weighted by molar-refractivity contribution is -0.386. The van der Waals surface area contributed by atoms with Gasteiger partial charge in [-0.1, -0.05) is 0 Å². The molecule has 0 spiro atoms. The number of nitriles is 2. The van der Waals surface area contributed by atoms with Gasteiger partial charge in [-0.05, 0) is 12.1 Å². The maximum atomic E-state index is 11.9. The van der Waals surface area contributed by atoms with Gasteiger partial charge in [0.05, 0.1) is 57.2 Å². The van der Waals surface area contributed by atoms with Crippen molar-refractivity contribution < 1.29 is 36.2 Å². The maximum absolute atomic E-state index is 11.9. The number of fused-ring (bicyclic) bond motifs is 3. The zero-order valence-corrected chi connectivity index (χ0v) is 20.6. The average molecular weight is 565 g/mol. The van der Waals surface area contributed by atoms with Gasteiger partial charge >= 0.3 is 0 Å². The van der Waals surface area contributed by atoms with Crippen molar-refractivity contribution in [3.8, 4) is 23.3 Å². The van der Waals surface area contributed by atoms with E-state index in [2.05, 4.69) is 0 Å². The molecule has 38 heavy (non-hydrogen) atoms. The van der Waals surface area contributed by atoms with Gasteiger partial charge in [-0.15, -0.1) is 0 Å². The lowest BCUT2D eigenvalue weighted by atomic mass is 9.99. The summed E-state index contributed by atoms with van der Waals surface area (Å²) in [6.07, 6.45) is 0. The maximum Gasteiger partial charge on any atom is 0.279 e. The van der Waals surface area contributed by atoms with Crippen molar-refractivity contribution in [1.29, 1.82) is 10.5 Å². The van der Waals surface area contributed by atoms with Gasteiger partial charge in [-0.3, -0.25) is 20.2 Å². The number of nitrogens with two attached hydrogens (primary N) is 2. The number of hydrogen-bond acceptors (Lipinski definition) is 12. The molecule has 0 atom stereocenters. The second-order valence-corrected chi connectivity index (χ2v) is 10.7. The molecule has 4 N–H and O–H groups in total. The minimum Gasteiger partial charge on any atom is -0.377 e. The van der Waals surface area contributed by atoms with E-state index in [0.717, 1.165) is 38.6 Å². The molecule has 0 amide bonds. The number of ether oxygens (including phenoxy) is 2. The quantitative estimate of drug-likeness (QED) is 0.251. The van der Waals surface area contributed by atoms with Gasteiger partial charge in [0.25, 0.3) is 11.4 Å². The first-order chi connectivity index (χ1) is 17.7. The van der Waals surface area contributed by atoms with E-state index in [1.165, 1.54) is 12.1 Å². The first-order valence-corrected chi connectivity index (χ1v) is 13.2. The second kappa shape index (κ2) is 10.6. The van der Waals surface area contributed by atoms with Crippen molar-refractivity contribution >= 4 is 37.0 Å². The van der Waals surface area contributed by atoms with Crippen LogP contribution in [-0.4, -0.2) is 53.1 Å². The molecule has 198 valence electrons. The molecule has 0 unspecified atom stereocenters. The molecule has 1 fully saturated rings. The molecule has 1 aliphatic heterocycles. The van der Waals surface area contributed by atoms with Crippen molar-refractivity contribution in [1.82, 2.24) is 0 Å².